The molecule has 9 nitrogen and oxygen atoms in total. The first-order valence-corrected chi connectivity index (χ1v) is 7.67. The van der Waals surface area contributed by atoms with Crippen LogP contribution in [0.3, 0.4) is 0 Å². The Morgan fingerprint density at radius 1 is 1.29 bits per heavy atom. The third-order valence-electron chi connectivity index (χ3n) is 3.68. The highest BCUT2D eigenvalue weighted by atomic mass is 35.5. The number of non-ortho nitro benzene ring substituents is 1. The van der Waals surface area contributed by atoms with E-state index in [1.165, 1.54) is 17.0 Å². The van der Waals surface area contributed by atoms with Gasteiger partial charge in [-0.1, -0.05) is 11.6 Å². The monoisotopic (exact) mass is 356 g/mol. The van der Waals surface area contributed by atoms with Crippen LogP contribution in [0.25, 0.3) is 0 Å². The highest BCUT2D eigenvalue weighted by Crippen LogP contribution is 2.26. The molecule has 0 saturated carbocycles. The van der Waals surface area contributed by atoms with Gasteiger partial charge >= 0.3 is 11.8 Å². The first-order valence-electron chi connectivity index (χ1n) is 7.29. The molecule has 130 valence electrons. The standard InChI is InChI=1S/C14H17ClN4O5/c15-11-2-1-10(19(23)24)9-12(11)16-13(21)14(22)18-5-3-17(4-6-18)7-8-20/h1-2,9,20H,3-8H2,(H,16,21). The zero-order valence-corrected chi connectivity index (χ0v) is 13.5. The minimum Gasteiger partial charge on any atom is -0.395 e. The van der Waals surface area contributed by atoms with Crippen molar-refractivity contribution < 1.29 is 19.6 Å². The summed E-state index contributed by atoms with van der Waals surface area (Å²) in [6.07, 6.45) is 0. The third kappa shape index (κ3) is 4.40. The van der Waals surface area contributed by atoms with Crippen molar-refractivity contribution in [1.82, 2.24) is 9.80 Å². The van der Waals surface area contributed by atoms with Crippen molar-refractivity contribution in [2.45, 2.75) is 0 Å². The van der Waals surface area contributed by atoms with E-state index < -0.39 is 16.7 Å². The maximum absolute atomic E-state index is 12.2. The number of aliphatic hydroxyl groups excluding tert-OH is 1. The van der Waals surface area contributed by atoms with Gasteiger partial charge in [0.2, 0.25) is 0 Å². The molecule has 0 unspecified atom stereocenters. The molecule has 0 radical (unpaired) electrons. The van der Waals surface area contributed by atoms with Gasteiger partial charge < -0.3 is 15.3 Å². The van der Waals surface area contributed by atoms with E-state index in [0.717, 1.165) is 6.07 Å². The van der Waals surface area contributed by atoms with Gasteiger partial charge in [0.1, 0.15) is 0 Å². The van der Waals surface area contributed by atoms with Crippen molar-refractivity contribution in [2.75, 3.05) is 44.6 Å². The number of carbonyl (C=O) groups excluding carboxylic acids is 2. The lowest BCUT2D eigenvalue weighted by Crippen LogP contribution is -2.52. The number of rotatable bonds is 4. The molecule has 1 fully saturated rings. The molecule has 0 aromatic heterocycles. The second kappa shape index (κ2) is 8.04. The Labute approximate surface area is 142 Å². The molecule has 1 aliphatic rings. The summed E-state index contributed by atoms with van der Waals surface area (Å²) in [4.78, 5) is 37.8. The summed E-state index contributed by atoms with van der Waals surface area (Å²) < 4.78 is 0. The van der Waals surface area contributed by atoms with Gasteiger partial charge in [-0.25, -0.2) is 0 Å². The van der Waals surface area contributed by atoms with Crippen LogP contribution in [0.15, 0.2) is 18.2 Å². The van der Waals surface area contributed by atoms with Crippen LogP contribution in [0.2, 0.25) is 5.02 Å². The van der Waals surface area contributed by atoms with Gasteiger partial charge in [0, 0.05) is 44.9 Å². The van der Waals surface area contributed by atoms with Crippen molar-refractivity contribution in [3.05, 3.63) is 33.3 Å². The Bertz CT molecular complexity index is 646. The van der Waals surface area contributed by atoms with Crippen LogP contribution >= 0.6 is 11.6 Å². The Morgan fingerprint density at radius 2 is 1.96 bits per heavy atom. The number of nitrogens with zero attached hydrogens (tertiary/aromatic N) is 3. The summed E-state index contributed by atoms with van der Waals surface area (Å²) >= 11 is 5.90. The van der Waals surface area contributed by atoms with Crippen molar-refractivity contribution in [2.24, 2.45) is 0 Å². The highest BCUT2D eigenvalue weighted by Gasteiger charge is 2.26. The van der Waals surface area contributed by atoms with Crippen molar-refractivity contribution >= 4 is 34.8 Å². The number of nitro benzene ring substituents is 1. The third-order valence-corrected chi connectivity index (χ3v) is 4.01. The number of hydrogen-bond donors (Lipinski definition) is 2. The fourth-order valence-corrected chi connectivity index (χ4v) is 2.52. The summed E-state index contributed by atoms with van der Waals surface area (Å²) in [6, 6.07) is 3.60. The van der Waals surface area contributed by atoms with Gasteiger partial charge in [-0.15, -0.1) is 0 Å². The van der Waals surface area contributed by atoms with Gasteiger partial charge in [-0.2, -0.15) is 0 Å². The quantitative estimate of drug-likeness (QED) is 0.456. The van der Waals surface area contributed by atoms with Crippen LogP contribution in [0, 0.1) is 10.1 Å². The van der Waals surface area contributed by atoms with E-state index >= 15 is 0 Å². The molecule has 10 heteroatoms. The molecule has 0 bridgehead atoms. The predicted octanol–water partition coefficient (Wildman–Crippen LogP) is 0.323. The number of benzene rings is 1. The highest BCUT2D eigenvalue weighted by molar-refractivity contribution is 6.41. The van der Waals surface area contributed by atoms with Gasteiger partial charge in [0.25, 0.3) is 5.69 Å². The van der Waals surface area contributed by atoms with Gasteiger partial charge in [-0.3, -0.25) is 24.6 Å². The number of hydrogen-bond acceptors (Lipinski definition) is 6. The second-order valence-corrected chi connectivity index (χ2v) is 5.64. The first kappa shape index (κ1) is 18.1. The van der Waals surface area contributed by atoms with E-state index in [4.69, 9.17) is 16.7 Å². The molecule has 1 aliphatic heterocycles. The van der Waals surface area contributed by atoms with Crippen LogP contribution in [-0.4, -0.2) is 71.0 Å². The Balaban J connectivity index is 1.99. The van der Waals surface area contributed by atoms with Crippen molar-refractivity contribution in [3.63, 3.8) is 0 Å². The van der Waals surface area contributed by atoms with E-state index in [2.05, 4.69) is 5.32 Å². The normalized spacial score (nSPS) is 15.2. The molecule has 0 aliphatic carbocycles. The Hall–Kier alpha value is -2.23. The first-order chi connectivity index (χ1) is 11.4. The topological polar surface area (TPSA) is 116 Å². The zero-order chi connectivity index (χ0) is 17.7. The van der Waals surface area contributed by atoms with Crippen LogP contribution < -0.4 is 5.32 Å². The van der Waals surface area contributed by atoms with Gasteiger partial charge in [0.05, 0.1) is 22.2 Å². The van der Waals surface area contributed by atoms with Crippen molar-refractivity contribution in [1.29, 1.82) is 0 Å². The number of nitrogens with one attached hydrogen (secondary N) is 1. The number of amides is 2. The molecule has 0 spiro atoms. The fraction of sp³-hybridized carbons (Fsp3) is 0.429. The SMILES string of the molecule is O=C(Nc1cc([N+](=O)[O-])ccc1Cl)C(=O)N1CCN(CCO)CC1. The lowest BCUT2D eigenvalue weighted by atomic mass is 10.2. The molecule has 1 aromatic rings. The van der Waals surface area contributed by atoms with Crippen LogP contribution in [-0.2, 0) is 9.59 Å². The number of aliphatic hydroxyl groups is 1. The minimum absolute atomic E-state index is 0.0168. The average molecular weight is 357 g/mol. The van der Waals surface area contributed by atoms with E-state index in [9.17, 15) is 19.7 Å². The summed E-state index contributed by atoms with van der Waals surface area (Å²) in [6.45, 7) is 2.44. The molecule has 1 aromatic carbocycles. The number of β-amino-alcohol motifs (C(OH)–C–C–N with tert-alkyl or cyclic N) is 1. The Morgan fingerprint density at radius 3 is 2.54 bits per heavy atom. The second-order valence-electron chi connectivity index (χ2n) is 5.23. The lowest BCUT2D eigenvalue weighted by Gasteiger charge is -2.33. The van der Waals surface area contributed by atoms with Crippen LogP contribution in [0.1, 0.15) is 0 Å². The van der Waals surface area contributed by atoms with Crippen LogP contribution in [0.4, 0.5) is 11.4 Å². The summed E-state index contributed by atoms with van der Waals surface area (Å²) in [5, 5.41) is 22.1. The smallest absolute Gasteiger partial charge is 0.313 e. The average Bonchev–Trinajstić information content (AvgIpc) is 2.57. The molecule has 2 N–H and O–H groups in total. The summed E-state index contributed by atoms with van der Waals surface area (Å²) in [5.74, 6) is -1.62. The molecular formula is C14H17ClN4O5. The summed E-state index contributed by atoms with van der Waals surface area (Å²) in [7, 11) is 0. The number of anilines is 1. The predicted molar refractivity (Wildman–Crippen MR) is 86.8 cm³/mol. The zero-order valence-electron chi connectivity index (χ0n) is 12.8. The van der Waals surface area contributed by atoms with Crippen molar-refractivity contribution in [3.8, 4) is 0 Å². The minimum atomic E-state index is -0.895. The fourth-order valence-electron chi connectivity index (χ4n) is 2.36. The molecular weight excluding hydrogens is 340 g/mol. The number of carbonyl (C=O) groups is 2. The van der Waals surface area contributed by atoms with Gasteiger partial charge in [0.15, 0.2) is 0 Å². The molecule has 2 rings (SSSR count). The van der Waals surface area contributed by atoms with E-state index in [-0.39, 0.29) is 23.0 Å². The van der Waals surface area contributed by atoms with E-state index in [0.29, 0.717) is 32.7 Å². The largest absolute Gasteiger partial charge is 0.395 e. The Kier molecular flexibility index (Phi) is 6.07. The maximum atomic E-state index is 12.2. The number of piperazine rings is 1. The number of halogens is 1. The lowest BCUT2D eigenvalue weighted by molar-refractivity contribution is -0.384. The molecule has 1 heterocycles. The van der Waals surface area contributed by atoms with E-state index in [1.54, 1.807) is 0 Å². The molecule has 1 saturated heterocycles. The number of nitro groups is 1. The molecule has 24 heavy (non-hydrogen) atoms. The maximum Gasteiger partial charge on any atom is 0.313 e. The summed E-state index contributed by atoms with van der Waals surface area (Å²) in [5.41, 5.74) is -0.220. The van der Waals surface area contributed by atoms with E-state index in [1.807, 2.05) is 4.90 Å². The van der Waals surface area contributed by atoms with Crippen LogP contribution in [0.5, 0.6) is 0 Å². The molecule has 0 atom stereocenters. The van der Waals surface area contributed by atoms with Gasteiger partial charge in [-0.05, 0) is 6.07 Å². The molecule has 2 amide bonds.